The summed E-state index contributed by atoms with van der Waals surface area (Å²) in [6, 6.07) is 7.86. The molecule has 1 aromatic heterocycles. The molecule has 0 saturated heterocycles. The molecule has 0 radical (unpaired) electrons. The molecule has 1 N–H and O–H groups in total. The molecule has 20 heavy (non-hydrogen) atoms. The molecule has 2 rings (SSSR count). The van der Waals surface area contributed by atoms with Gasteiger partial charge in [-0.1, -0.05) is 29.0 Å². The summed E-state index contributed by atoms with van der Waals surface area (Å²) in [5, 5.41) is 11.8. The fourth-order valence-electron chi connectivity index (χ4n) is 1.59. The van der Waals surface area contributed by atoms with Gasteiger partial charge in [0.2, 0.25) is 11.0 Å². The van der Waals surface area contributed by atoms with Crippen LogP contribution in [0.25, 0.3) is 0 Å². The number of benzene rings is 1. The lowest BCUT2D eigenvalue weighted by Crippen LogP contribution is -2.12. The topological polar surface area (TPSA) is 64.1 Å². The van der Waals surface area contributed by atoms with Crippen molar-refractivity contribution in [3.8, 4) is 5.75 Å². The minimum Gasteiger partial charge on any atom is -0.494 e. The maximum Gasteiger partial charge on any atom is 0.226 e. The molecule has 1 aromatic carbocycles. The summed E-state index contributed by atoms with van der Waals surface area (Å²) >= 11 is 1.37. The average molecular weight is 291 g/mol. The molecule has 0 saturated carbocycles. The Balaban J connectivity index is 1.65. The second-order valence-corrected chi connectivity index (χ2v) is 5.62. The second kappa shape index (κ2) is 7.00. The quantitative estimate of drug-likeness (QED) is 0.831. The number of hydrogen-bond acceptors (Lipinski definition) is 5. The van der Waals surface area contributed by atoms with Crippen molar-refractivity contribution in [3.05, 3.63) is 34.8 Å². The first-order valence-electron chi connectivity index (χ1n) is 6.43. The summed E-state index contributed by atoms with van der Waals surface area (Å²) in [6.07, 6.45) is 1.07. The van der Waals surface area contributed by atoms with Crippen LogP contribution in [0.15, 0.2) is 24.3 Å². The number of rotatable bonds is 6. The van der Waals surface area contributed by atoms with Gasteiger partial charge in [0.05, 0.1) is 6.61 Å². The van der Waals surface area contributed by atoms with Gasteiger partial charge in [0, 0.05) is 6.42 Å². The lowest BCUT2D eigenvalue weighted by atomic mass is 10.2. The number of carbonyl (C=O) groups excluding carboxylic acids is 1. The van der Waals surface area contributed by atoms with Crippen molar-refractivity contribution in [1.29, 1.82) is 0 Å². The van der Waals surface area contributed by atoms with Crippen molar-refractivity contribution in [2.24, 2.45) is 0 Å². The Morgan fingerprint density at radius 3 is 2.65 bits per heavy atom. The zero-order valence-corrected chi connectivity index (χ0v) is 12.4. The summed E-state index contributed by atoms with van der Waals surface area (Å²) in [5.41, 5.74) is 1.20. The average Bonchev–Trinajstić information content (AvgIpc) is 2.82. The smallest absolute Gasteiger partial charge is 0.226 e. The number of nitrogens with one attached hydrogen (secondary N) is 1. The first-order chi connectivity index (χ1) is 9.63. The van der Waals surface area contributed by atoms with E-state index in [2.05, 4.69) is 15.5 Å². The Morgan fingerprint density at radius 2 is 2.00 bits per heavy atom. The molecule has 106 valence electrons. The number of amides is 1. The molecule has 0 spiro atoms. The van der Waals surface area contributed by atoms with Crippen molar-refractivity contribution < 1.29 is 9.53 Å². The SMILES string of the molecule is Cc1ccc(OCCCC(=O)Nc2nnc(C)s2)cc1. The van der Waals surface area contributed by atoms with Crippen LogP contribution in [0.3, 0.4) is 0 Å². The predicted molar refractivity (Wildman–Crippen MR) is 79.2 cm³/mol. The summed E-state index contributed by atoms with van der Waals surface area (Å²) in [5.74, 6) is 0.768. The third kappa shape index (κ3) is 4.62. The molecule has 1 amide bonds. The zero-order chi connectivity index (χ0) is 14.4. The Morgan fingerprint density at radius 1 is 1.25 bits per heavy atom. The van der Waals surface area contributed by atoms with E-state index in [-0.39, 0.29) is 5.91 Å². The third-order valence-corrected chi connectivity index (χ3v) is 3.36. The van der Waals surface area contributed by atoms with E-state index in [9.17, 15) is 4.79 Å². The number of aromatic nitrogens is 2. The number of ether oxygens (including phenoxy) is 1. The highest BCUT2D eigenvalue weighted by atomic mass is 32.1. The van der Waals surface area contributed by atoms with Gasteiger partial charge in [-0.2, -0.15) is 0 Å². The molecular formula is C14H17N3O2S. The number of carbonyl (C=O) groups is 1. The number of hydrogen-bond donors (Lipinski definition) is 1. The van der Waals surface area contributed by atoms with E-state index in [0.717, 1.165) is 10.8 Å². The molecule has 0 fully saturated rings. The molecule has 0 atom stereocenters. The van der Waals surface area contributed by atoms with Gasteiger partial charge < -0.3 is 10.1 Å². The van der Waals surface area contributed by atoms with Crippen molar-refractivity contribution in [2.75, 3.05) is 11.9 Å². The van der Waals surface area contributed by atoms with E-state index in [4.69, 9.17) is 4.74 Å². The Kier molecular flexibility index (Phi) is 5.06. The lowest BCUT2D eigenvalue weighted by Gasteiger charge is -2.06. The first-order valence-corrected chi connectivity index (χ1v) is 7.24. The second-order valence-electron chi connectivity index (χ2n) is 4.44. The van der Waals surface area contributed by atoms with Crippen molar-refractivity contribution in [1.82, 2.24) is 10.2 Å². The summed E-state index contributed by atoms with van der Waals surface area (Å²) in [4.78, 5) is 11.6. The number of anilines is 1. The van der Waals surface area contributed by atoms with Gasteiger partial charge in [-0.15, -0.1) is 10.2 Å². The molecule has 5 nitrogen and oxygen atoms in total. The molecular weight excluding hydrogens is 274 g/mol. The predicted octanol–water partition coefficient (Wildman–Crippen LogP) is 2.95. The lowest BCUT2D eigenvalue weighted by molar-refractivity contribution is -0.116. The van der Waals surface area contributed by atoms with Gasteiger partial charge in [0.1, 0.15) is 10.8 Å². The highest BCUT2D eigenvalue weighted by Crippen LogP contribution is 2.14. The molecule has 0 aliphatic rings. The molecule has 0 aliphatic carbocycles. The summed E-state index contributed by atoms with van der Waals surface area (Å²) < 4.78 is 5.56. The fourth-order valence-corrected chi connectivity index (χ4v) is 2.19. The van der Waals surface area contributed by atoms with E-state index < -0.39 is 0 Å². The molecule has 2 aromatic rings. The van der Waals surface area contributed by atoms with Gasteiger partial charge >= 0.3 is 0 Å². The van der Waals surface area contributed by atoms with E-state index in [1.165, 1.54) is 16.9 Å². The van der Waals surface area contributed by atoms with E-state index in [0.29, 0.717) is 24.6 Å². The normalized spacial score (nSPS) is 10.3. The maximum atomic E-state index is 11.6. The first kappa shape index (κ1) is 14.5. The monoisotopic (exact) mass is 291 g/mol. The van der Waals surface area contributed by atoms with Gasteiger partial charge in [0.25, 0.3) is 0 Å². The van der Waals surface area contributed by atoms with Gasteiger partial charge in [-0.25, -0.2) is 0 Å². The van der Waals surface area contributed by atoms with Crippen LogP contribution in [0.5, 0.6) is 5.75 Å². The van der Waals surface area contributed by atoms with Crippen LogP contribution in [-0.4, -0.2) is 22.7 Å². The minimum absolute atomic E-state index is 0.0614. The summed E-state index contributed by atoms with van der Waals surface area (Å²) in [7, 11) is 0. The molecule has 0 aliphatic heterocycles. The Bertz CT molecular complexity index is 566. The van der Waals surface area contributed by atoms with Gasteiger partial charge in [-0.3, -0.25) is 4.79 Å². The van der Waals surface area contributed by atoms with Crippen LogP contribution in [0.1, 0.15) is 23.4 Å². The van der Waals surface area contributed by atoms with Crippen LogP contribution < -0.4 is 10.1 Å². The molecule has 1 heterocycles. The van der Waals surface area contributed by atoms with Crippen LogP contribution in [-0.2, 0) is 4.79 Å². The summed E-state index contributed by atoms with van der Waals surface area (Å²) in [6.45, 7) is 4.40. The van der Waals surface area contributed by atoms with Crippen LogP contribution in [0.2, 0.25) is 0 Å². The van der Waals surface area contributed by atoms with E-state index in [1.54, 1.807) is 0 Å². The van der Waals surface area contributed by atoms with Crippen LogP contribution >= 0.6 is 11.3 Å². The zero-order valence-electron chi connectivity index (χ0n) is 11.5. The third-order valence-electron chi connectivity index (χ3n) is 2.61. The van der Waals surface area contributed by atoms with E-state index >= 15 is 0 Å². The Labute approximate surface area is 122 Å². The molecule has 0 bridgehead atoms. The molecule has 0 unspecified atom stereocenters. The minimum atomic E-state index is -0.0614. The van der Waals surface area contributed by atoms with Crippen molar-refractivity contribution in [3.63, 3.8) is 0 Å². The standard InChI is InChI=1S/C14H17N3O2S/c1-10-5-7-12(8-6-10)19-9-3-4-13(18)15-14-17-16-11(2)20-14/h5-8H,3-4,9H2,1-2H3,(H,15,17,18). The van der Waals surface area contributed by atoms with Crippen LogP contribution in [0, 0.1) is 13.8 Å². The highest BCUT2D eigenvalue weighted by Gasteiger charge is 2.06. The number of aryl methyl sites for hydroxylation is 2. The van der Waals surface area contributed by atoms with Gasteiger partial charge in [-0.05, 0) is 32.4 Å². The van der Waals surface area contributed by atoms with Crippen molar-refractivity contribution >= 4 is 22.4 Å². The van der Waals surface area contributed by atoms with E-state index in [1.807, 2.05) is 38.1 Å². The molecule has 6 heteroatoms. The van der Waals surface area contributed by atoms with Crippen molar-refractivity contribution in [2.45, 2.75) is 26.7 Å². The largest absolute Gasteiger partial charge is 0.494 e. The number of nitrogens with zero attached hydrogens (tertiary/aromatic N) is 2. The van der Waals surface area contributed by atoms with Gasteiger partial charge in [0.15, 0.2) is 0 Å². The maximum absolute atomic E-state index is 11.6. The fraction of sp³-hybridized carbons (Fsp3) is 0.357. The highest BCUT2D eigenvalue weighted by molar-refractivity contribution is 7.15. The van der Waals surface area contributed by atoms with Crippen LogP contribution in [0.4, 0.5) is 5.13 Å². The Hall–Kier alpha value is -1.95.